The number of likely N-dealkylation sites (N-methyl/N-ethyl adjacent to an activating group) is 1. The summed E-state index contributed by atoms with van der Waals surface area (Å²) in [5.41, 5.74) is 1.07. The average Bonchev–Trinajstić information content (AvgIpc) is 2.70. The lowest BCUT2D eigenvalue weighted by Crippen LogP contribution is -2.33. The van der Waals surface area contributed by atoms with Crippen molar-refractivity contribution in [1.82, 2.24) is 10.3 Å². The lowest BCUT2D eigenvalue weighted by atomic mass is 10.2. The van der Waals surface area contributed by atoms with Gasteiger partial charge in [0.15, 0.2) is 0 Å². The maximum absolute atomic E-state index is 6.07. The van der Waals surface area contributed by atoms with E-state index in [1.54, 1.807) is 12.4 Å². The molecule has 1 N–H and O–H groups in total. The first kappa shape index (κ1) is 9.74. The van der Waals surface area contributed by atoms with Gasteiger partial charge in [0.05, 0.1) is 10.7 Å². The molecule has 0 amide bonds. The first-order valence-electron chi connectivity index (χ1n) is 4.82. The topological polar surface area (TPSA) is 28.2 Å². The van der Waals surface area contributed by atoms with Gasteiger partial charge in [-0.3, -0.25) is 4.98 Å². The fraction of sp³-hybridized carbons (Fsp3) is 0.500. The average molecular weight is 212 g/mol. The van der Waals surface area contributed by atoms with Crippen molar-refractivity contribution in [2.75, 3.05) is 25.0 Å². The number of hydrogen-bond acceptors (Lipinski definition) is 3. The molecule has 76 valence electrons. The minimum Gasteiger partial charge on any atom is -0.369 e. The fourth-order valence-electron chi connectivity index (χ4n) is 1.82. The van der Waals surface area contributed by atoms with Gasteiger partial charge in [-0.2, -0.15) is 0 Å². The van der Waals surface area contributed by atoms with Crippen LogP contribution in [0, 0.1) is 0 Å². The minimum absolute atomic E-state index is 0.551. The largest absolute Gasteiger partial charge is 0.369 e. The van der Waals surface area contributed by atoms with Gasteiger partial charge in [-0.25, -0.2) is 0 Å². The van der Waals surface area contributed by atoms with Crippen molar-refractivity contribution < 1.29 is 0 Å². The fourth-order valence-corrected chi connectivity index (χ4v) is 2.07. The molecule has 1 aliphatic rings. The molecule has 0 bridgehead atoms. The molecule has 1 aromatic heterocycles. The van der Waals surface area contributed by atoms with Crippen LogP contribution in [0.4, 0.5) is 5.69 Å². The van der Waals surface area contributed by atoms with E-state index in [1.165, 1.54) is 6.42 Å². The second kappa shape index (κ2) is 4.15. The maximum atomic E-state index is 6.07. The van der Waals surface area contributed by atoms with Crippen LogP contribution in [0.2, 0.25) is 5.02 Å². The third kappa shape index (κ3) is 1.83. The van der Waals surface area contributed by atoms with Crippen molar-refractivity contribution in [2.24, 2.45) is 0 Å². The summed E-state index contributed by atoms with van der Waals surface area (Å²) >= 11 is 6.07. The van der Waals surface area contributed by atoms with Crippen LogP contribution in [0.3, 0.4) is 0 Å². The number of pyridine rings is 1. The van der Waals surface area contributed by atoms with Gasteiger partial charge in [0.25, 0.3) is 0 Å². The summed E-state index contributed by atoms with van der Waals surface area (Å²) in [5, 5.41) is 4.07. The van der Waals surface area contributed by atoms with E-state index < -0.39 is 0 Å². The van der Waals surface area contributed by atoms with Crippen LogP contribution < -0.4 is 10.2 Å². The Kier molecular flexibility index (Phi) is 2.89. The van der Waals surface area contributed by atoms with Crippen LogP contribution >= 0.6 is 11.6 Å². The first-order valence-corrected chi connectivity index (χ1v) is 5.20. The Hall–Kier alpha value is -0.800. The lowest BCUT2D eigenvalue weighted by Gasteiger charge is -2.26. The summed E-state index contributed by atoms with van der Waals surface area (Å²) in [6.45, 7) is 2.13. The highest BCUT2D eigenvalue weighted by Gasteiger charge is 2.20. The minimum atomic E-state index is 0.551. The zero-order valence-electron chi connectivity index (χ0n) is 8.20. The van der Waals surface area contributed by atoms with Crippen LogP contribution in [-0.2, 0) is 0 Å². The Morgan fingerprint density at radius 3 is 3.14 bits per heavy atom. The number of halogens is 1. The zero-order valence-corrected chi connectivity index (χ0v) is 8.96. The molecule has 1 saturated heterocycles. The molecule has 1 unspecified atom stereocenters. The van der Waals surface area contributed by atoms with Crippen molar-refractivity contribution in [1.29, 1.82) is 0 Å². The van der Waals surface area contributed by atoms with Crippen molar-refractivity contribution in [3.63, 3.8) is 0 Å². The predicted octanol–water partition coefficient (Wildman–Crippen LogP) is 1.53. The zero-order chi connectivity index (χ0) is 9.97. The normalized spacial score (nSPS) is 21.1. The molecule has 14 heavy (non-hydrogen) atoms. The molecule has 0 spiro atoms. The molecular weight excluding hydrogens is 198 g/mol. The van der Waals surface area contributed by atoms with E-state index in [9.17, 15) is 0 Å². The molecule has 1 fully saturated rings. The Morgan fingerprint density at radius 2 is 2.50 bits per heavy atom. The summed E-state index contributed by atoms with van der Waals surface area (Å²) in [5.74, 6) is 0. The van der Waals surface area contributed by atoms with Gasteiger partial charge in [0.1, 0.15) is 0 Å². The second-order valence-electron chi connectivity index (χ2n) is 3.58. The van der Waals surface area contributed by atoms with Crippen molar-refractivity contribution in [3.8, 4) is 0 Å². The van der Waals surface area contributed by atoms with Crippen LogP contribution in [0.5, 0.6) is 0 Å². The molecule has 1 aromatic rings. The number of nitrogens with one attached hydrogen (secondary N) is 1. The summed E-state index contributed by atoms with van der Waals surface area (Å²) < 4.78 is 0. The Bertz CT molecular complexity index is 310. The van der Waals surface area contributed by atoms with Crippen molar-refractivity contribution in [2.45, 2.75) is 12.5 Å². The van der Waals surface area contributed by atoms with E-state index >= 15 is 0 Å². The lowest BCUT2D eigenvalue weighted by molar-refractivity contribution is 0.685. The van der Waals surface area contributed by atoms with Crippen LogP contribution in [-0.4, -0.2) is 31.2 Å². The standard InChI is InChI=1S/C10H14ClN3/c1-14(8-2-4-12-6-8)10-3-5-13-7-9(10)11/h3,5,7-8,12H,2,4,6H2,1H3. The van der Waals surface area contributed by atoms with E-state index in [1.807, 2.05) is 6.07 Å². The number of aromatic nitrogens is 1. The summed E-state index contributed by atoms with van der Waals surface area (Å²) in [6.07, 6.45) is 4.64. The van der Waals surface area contributed by atoms with Crippen molar-refractivity contribution in [3.05, 3.63) is 23.5 Å². The number of nitrogens with zero attached hydrogens (tertiary/aromatic N) is 2. The van der Waals surface area contributed by atoms with Gasteiger partial charge in [0.2, 0.25) is 0 Å². The molecule has 1 aliphatic heterocycles. The van der Waals surface area contributed by atoms with E-state index in [2.05, 4.69) is 22.2 Å². The van der Waals surface area contributed by atoms with E-state index in [-0.39, 0.29) is 0 Å². The third-order valence-corrected chi connectivity index (χ3v) is 3.00. The van der Waals surface area contributed by atoms with Crippen LogP contribution in [0.15, 0.2) is 18.5 Å². The van der Waals surface area contributed by atoms with E-state index in [4.69, 9.17) is 11.6 Å². The molecule has 2 rings (SSSR count). The second-order valence-corrected chi connectivity index (χ2v) is 3.99. The number of anilines is 1. The Morgan fingerprint density at radius 1 is 1.64 bits per heavy atom. The SMILES string of the molecule is CN(c1ccncc1Cl)C1CCNC1. The highest BCUT2D eigenvalue weighted by atomic mass is 35.5. The maximum Gasteiger partial charge on any atom is 0.0822 e. The molecule has 1 atom stereocenters. The van der Waals surface area contributed by atoms with Crippen LogP contribution in [0.25, 0.3) is 0 Å². The molecule has 4 heteroatoms. The molecular formula is C10H14ClN3. The summed E-state index contributed by atoms with van der Waals surface area (Å²) in [4.78, 5) is 6.21. The van der Waals surface area contributed by atoms with Crippen LogP contribution in [0.1, 0.15) is 6.42 Å². The molecule has 2 heterocycles. The Balaban J connectivity index is 2.17. The quantitative estimate of drug-likeness (QED) is 0.805. The first-order chi connectivity index (χ1) is 6.79. The molecule has 3 nitrogen and oxygen atoms in total. The third-order valence-electron chi connectivity index (χ3n) is 2.71. The summed E-state index contributed by atoms with van der Waals surface area (Å²) in [7, 11) is 2.08. The molecule has 0 aliphatic carbocycles. The Labute approximate surface area is 89.1 Å². The van der Waals surface area contributed by atoms with Gasteiger partial charge < -0.3 is 10.2 Å². The van der Waals surface area contributed by atoms with E-state index in [0.29, 0.717) is 6.04 Å². The predicted molar refractivity (Wildman–Crippen MR) is 58.9 cm³/mol. The number of hydrogen-bond donors (Lipinski definition) is 1. The van der Waals surface area contributed by atoms with Gasteiger partial charge in [-0.05, 0) is 19.0 Å². The van der Waals surface area contributed by atoms with Crippen molar-refractivity contribution >= 4 is 17.3 Å². The van der Waals surface area contributed by atoms with Gasteiger partial charge in [0, 0.05) is 32.0 Å². The highest BCUT2D eigenvalue weighted by molar-refractivity contribution is 6.33. The monoisotopic (exact) mass is 211 g/mol. The van der Waals surface area contributed by atoms with E-state index in [0.717, 1.165) is 23.8 Å². The van der Waals surface area contributed by atoms with Gasteiger partial charge in [-0.1, -0.05) is 11.6 Å². The van der Waals surface area contributed by atoms with Gasteiger partial charge in [-0.15, -0.1) is 0 Å². The number of rotatable bonds is 2. The summed E-state index contributed by atoms with van der Waals surface area (Å²) in [6, 6.07) is 2.51. The smallest absolute Gasteiger partial charge is 0.0822 e. The molecule has 0 radical (unpaired) electrons. The highest BCUT2D eigenvalue weighted by Crippen LogP contribution is 2.25. The van der Waals surface area contributed by atoms with Gasteiger partial charge >= 0.3 is 0 Å². The molecule has 0 aromatic carbocycles. The molecule has 0 saturated carbocycles.